The van der Waals surface area contributed by atoms with Crippen molar-refractivity contribution in [3.8, 4) is 0 Å². The summed E-state index contributed by atoms with van der Waals surface area (Å²) in [7, 11) is 0. The van der Waals surface area contributed by atoms with Crippen LogP contribution in [0.1, 0.15) is 303 Å². The highest BCUT2D eigenvalue weighted by Crippen LogP contribution is 2.17. The van der Waals surface area contributed by atoms with Crippen LogP contribution in [0.25, 0.3) is 0 Å². The van der Waals surface area contributed by atoms with Gasteiger partial charge in [0.1, 0.15) is 13.2 Å². The highest BCUT2D eigenvalue weighted by molar-refractivity contribution is 5.71. The van der Waals surface area contributed by atoms with Gasteiger partial charge in [0.2, 0.25) is 0 Å². The summed E-state index contributed by atoms with van der Waals surface area (Å²) in [5.74, 6) is -0.855. The van der Waals surface area contributed by atoms with E-state index >= 15 is 0 Å². The smallest absolute Gasteiger partial charge is 0.306 e. The van der Waals surface area contributed by atoms with E-state index in [-0.39, 0.29) is 31.1 Å². The molecule has 0 saturated carbocycles. The molecule has 6 heteroatoms. The molecule has 0 heterocycles. The molecule has 0 aliphatic heterocycles. The van der Waals surface area contributed by atoms with E-state index in [4.69, 9.17) is 14.2 Å². The topological polar surface area (TPSA) is 78.9 Å². The lowest BCUT2D eigenvalue weighted by atomic mass is 10.0. The van der Waals surface area contributed by atoms with Gasteiger partial charge in [-0.05, 0) is 57.8 Å². The fourth-order valence-corrected chi connectivity index (χ4v) is 8.49. The molecule has 0 radical (unpaired) electrons. The van der Waals surface area contributed by atoms with Crippen LogP contribution in [-0.2, 0) is 28.6 Å². The SMILES string of the molecule is CC/C=C\C/C=C\C/C=C\C/C=C\CCCCCCCCCCCCCCCCC(=O)OCC(COC(=O)CCCCCCCCCCCCC)OC(=O)CCCCCCCCCCCCC. The maximum atomic E-state index is 12.8. The molecule has 0 aliphatic rings. The summed E-state index contributed by atoms with van der Waals surface area (Å²) >= 11 is 0. The first-order valence-corrected chi connectivity index (χ1v) is 29.1. The third kappa shape index (κ3) is 54.2. The molecular formula is C61H110O6. The van der Waals surface area contributed by atoms with Crippen molar-refractivity contribution in [1.82, 2.24) is 0 Å². The first-order chi connectivity index (χ1) is 33.0. The van der Waals surface area contributed by atoms with E-state index in [1.165, 1.54) is 180 Å². The summed E-state index contributed by atoms with van der Waals surface area (Å²) in [6.45, 7) is 6.54. The highest BCUT2D eigenvalue weighted by atomic mass is 16.6. The third-order valence-electron chi connectivity index (χ3n) is 12.8. The first kappa shape index (κ1) is 64.4. The second-order valence-corrected chi connectivity index (χ2v) is 19.5. The van der Waals surface area contributed by atoms with Gasteiger partial charge in [-0.1, -0.05) is 275 Å². The van der Waals surface area contributed by atoms with Crippen molar-refractivity contribution in [1.29, 1.82) is 0 Å². The van der Waals surface area contributed by atoms with Crippen molar-refractivity contribution < 1.29 is 28.6 Å². The van der Waals surface area contributed by atoms with E-state index in [1.807, 2.05) is 0 Å². The zero-order chi connectivity index (χ0) is 48.6. The second kappa shape index (κ2) is 56.0. The van der Waals surface area contributed by atoms with Crippen LogP contribution >= 0.6 is 0 Å². The van der Waals surface area contributed by atoms with E-state index < -0.39 is 6.10 Å². The summed E-state index contributed by atoms with van der Waals surface area (Å²) < 4.78 is 16.8. The predicted octanol–water partition coefficient (Wildman–Crippen LogP) is 19.4. The maximum absolute atomic E-state index is 12.8. The minimum Gasteiger partial charge on any atom is -0.462 e. The molecule has 6 nitrogen and oxygen atoms in total. The number of hydrogen-bond donors (Lipinski definition) is 0. The molecule has 0 saturated heterocycles. The number of allylic oxidation sites excluding steroid dienone is 8. The van der Waals surface area contributed by atoms with E-state index in [2.05, 4.69) is 69.4 Å². The van der Waals surface area contributed by atoms with E-state index in [0.717, 1.165) is 83.5 Å². The molecular weight excluding hydrogens is 829 g/mol. The van der Waals surface area contributed by atoms with Crippen LogP contribution in [0.5, 0.6) is 0 Å². The van der Waals surface area contributed by atoms with E-state index in [9.17, 15) is 14.4 Å². The van der Waals surface area contributed by atoms with Crippen molar-refractivity contribution in [3.63, 3.8) is 0 Å². The summed E-state index contributed by atoms with van der Waals surface area (Å²) in [6.07, 6.45) is 68.3. The summed E-state index contributed by atoms with van der Waals surface area (Å²) in [6, 6.07) is 0. The molecule has 0 aromatic heterocycles. The van der Waals surface area contributed by atoms with Crippen molar-refractivity contribution in [2.45, 2.75) is 309 Å². The van der Waals surface area contributed by atoms with Gasteiger partial charge in [0.25, 0.3) is 0 Å². The van der Waals surface area contributed by atoms with Crippen LogP contribution in [0.3, 0.4) is 0 Å². The van der Waals surface area contributed by atoms with Crippen molar-refractivity contribution in [2.24, 2.45) is 0 Å². The third-order valence-corrected chi connectivity index (χ3v) is 12.8. The monoisotopic (exact) mass is 939 g/mol. The van der Waals surface area contributed by atoms with Crippen LogP contribution in [0.4, 0.5) is 0 Å². The summed E-state index contributed by atoms with van der Waals surface area (Å²) in [5, 5.41) is 0. The van der Waals surface area contributed by atoms with Crippen molar-refractivity contribution in [3.05, 3.63) is 48.6 Å². The Bertz CT molecular complexity index is 1170. The lowest BCUT2D eigenvalue weighted by molar-refractivity contribution is -0.167. The number of rotatable bonds is 53. The zero-order valence-corrected chi connectivity index (χ0v) is 44.7. The Kier molecular flexibility index (Phi) is 53.8. The Morgan fingerprint density at radius 3 is 0.910 bits per heavy atom. The van der Waals surface area contributed by atoms with E-state index in [1.54, 1.807) is 0 Å². The van der Waals surface area contributed by atoms with Gasteiger partial charge in [-0.25, -0.2) is 0 Å². The minimum atomic E-state index is -0.766. The standard InChI is InChI=1S/C61H110O6/c1-4-7-10-13-16-19-22-23-24-25-26-27-28-29-30-31-32-33-34-35-36-37-40-42-45-48-51-54-60(63)66-57-58(67-61(64)55-52-49-46-43-39-21-18-15-12-9-6-3)56-65-59(62)53-50-47-44-41-38-20-17-14-11-8-5-2/h7,10,16,19,23-24,26-27,58H,4-6,8-9,11-15,17-18,20-22,25,28-57H2,1-3H3/b10-7-,19-16-,24-23-,27-26-. The average Bonchev–Trinajstić information content (AvgIpc) is 3.33. The quantitative estimate of drug-likeness (QED) is 0.0262. The van der Waals surface area contributed by atoms with Crippen LogP contribution in [0.15, 0.2) is 48.6 Å². The zero-order valence-electron chi connectivity index (χ0n) is 44.7. The molecule has 0 N–H and O–H groups in total. The van der Waals surface area contributed by atoms with Crippen LogP contribution in [0.2, 0.25) is 0 Å². The molecule has 67 heavy (non-hydrogen) atoms. The number of ether oxygens (including phenoxy) is 3. The molecule has 1 atom stereocenters. The van der Waals surface area contributed by atoms with Crippen LogP contribution in [-0.4, -0.2) is 37.2 Å². The normalized spacial score (nSPS) is 12.3. The Morgan fingerprint density at radius 2 is 0.582 bits per heavy atom. The summed E-state index contributed by atoms with van der Waals surface area (Å²) in [5.41, 5.74) is 0. The largest absolute Gasteiger partial charge is 0.462 e. The molecule has 390 valence electrons. The highest BCUT2D eigenvalue weighted by Gasteiger charge is 2.19. The molecule has 0 amide bonds. The van der Waals surface area contributed by atoms with Gasteiger partial charge in [0, 0.05) is 19.3 Å². The Hall–Kier alpha value is -2.63. The predicted molar refractivity (Wildman–Crippen MR) is 289 cm³/mol. The number of hydrogen-bond acceptors (Lipinski definition) is 6. The molecule has 1 unspecified atom stereocenters. The van der Waals surface area contributed by atoms with Gasteiger partial charge in [-0.15, -0.1) is 0 Å². The minimum absolute atomic E-state index is 0.0676. The van der Waals surface area contributed by atoms with Gasteiger partial charge in [-0.3, -0.25) is 14.4 Å². The number of unbranched alkanes of at least 4 members (excludes halogenated alkanes) is 34. The Labute approximate surface area is 416 Å². The van der Waals surface area contributed by atoms with Crippen LogP contribution in [0, 0.1) is 0 Å². The van der Waals surface area contributed by atoms with Gasteiger partial charge in [-0.2, -0.15) is 0 Å². The fourth-order valence-electron chi connectivity index (χ4n) is 8.49. The second-order valence-electron chi connectivity index (χ2n) is 19.5. The summed E-state index contributed by atoms with van der Waals surface area (Å²) in [4.78, 5) is 38.0. The molecule has 0 aromatic carbocycles. The van der Waals surface area contributed by atoms with Gasteiger partial charge < -0.3 is 14.2 Å². The lowest BCUT2D eigenvalue weighted by Gasteiger charge is -2.18. The fraction of sp³-hybridized carbons (Fsp3) is 0.820. The molecule has 0 bridgehead atoms. The average molecular weight is 940 g/mol. The molecule has 0 aromatic rings. The number of carbonyl (C=O) groups is 3. The van der Waals surface area contributed by atoms with Gasteiger partial charge >= 0.3 is 17.9 Å². The van der Waals surface area contributed by atoms with Gasteiger partial charge in [0.05, 0.1) is 0 Å². The molecule has 0 fully saturated rings. The van der Waals surface area contributed by atoms with Crippen LogP contribution < -0.4 is 0 Å². The molecule has 0 aliphatic carbocycles. The lowest BCUT2D eigenvalue weighted by Crippen LogP contribution is -2.30. The number of carbonyl (C=O) groups excluding carboxylic acids is 3. The van der Waals surface area contributed by atoms with Gasteiger partial charge in [0.15, 0.2) is 6.10 Å². The van der Waals surface area contributed by atoms with E-state index in [0.29, 0.717) is 19.3 Å². The molecule has 0 rings (SSSR count). The van der Waals surface area contributed by atoms with Crippen molar-refractivity contribution >= 4 is 17.9 Å². The first-order valence-electron chi connectivity index (χ1n) is 29.1. The van der Waals surface area contributed by atoms with Crippen molar-refractivity contribution in [2.75, 3.05) is 13.2 Å². The maximum Gasteiger partial charge on any atom is 0.306 e. The Balaban J connectivity index is 4.13. The Morgan fingerprint density at radius 1 is 0.313 bits per heavy atom. The number of esters is 3. The molecule has 0 spiro atoms.